The van der Waals surface area contributed by atoms with Gasteiger partial charge in [0.15, 0.2) is 0 Å². The van der Waals surface area contributed by atoms with Crippen molar-refractivity contribution in [2.45, 2.75) is 39.0 Å². The highest BCUT2D eigenvalue weighted by Crippen LogP contribution is 2.37. The van der Waals surface area contributed by atoms with Crippen LogP contribution >= 0.6 is 15.9 Å². The second-order valence-corrected chi connectivity index (χ2v) is 6.19. The fourth-order valence-electron chi connectivity index (χ4n) is 2.22. The summed E-state index contributed by atoms with van der Waals surface area (Å²) < 4.78 is 6.73. The second kappa shape index (κ2) is 5.95. The van der Waals surface area contributed by atoms with Gasteiger partial charge in [-0.2, -0.15) is 0 Å². The number of ether oxygens (including phenoxy) is 1. The Morgan fingerprint density at radius 2 is 2.21 bits per heavy atom. The number of aryl methyl sites for hydroxylation is 1. The Labute approximate surface area is 122 Å². The van der Waals surface area contributed by atoms with Gasteiger partial charge in [0.05, 0.1) is 17.0 Å². The summed E-state index contributed by atoms with van der Waals surface area (Å²) in [6, 6.07) is 3.87. The molecule has 1 fully saturated rings. The summed E-state index contributed by atoms with van der Waals surface area (Å²) in [5, 5.41) is 9.21. The maximum Gasteiger partial charge on any atom is 0.310 e. The molecular weight excluding hydrogens is 308 g/mol. The number of benzene rings is 1. The van der Waals surface area contributed by atoms with E-state index >= 15 is 0 Å². The SMILES string of the molecule is Cc1cc(Br)c(OCC2CCC2)c(C(C)C(=O)O)c1. The summed E-state index contributed by atoms with van der Waals surface area (Å²) >= 11 is 3.49. The van der Waals surface area contributed by atoms with Crippen molar-refractivity contribution in [3.05, 3.63) is 27.7 Å². The van der Waals surface area contributed by atoms with E-state index < -0.39 is 11.9 Å². The largest absolute Gasteiger partial charge is 0.492 e. The maximum absolute atomic E-state index is 11.2. The van der Waals surface area contributed by atoms with Gasteiger partial charge in [0, 0.05) is 5.56 Å². The summed E-state index contributed by atoms with van der Waals surface area (Å²) in [5.74, 6) is -0.0767. The van der Waals surface area contributed by atoms with Gasteiger partial charge in [0.2, 0.25) is 0 Å². The lowest BCUT2D eigenvalue weighted by molar-refractivity contribution is -0.138. The van der Waals surface area contributed by atoms with Crippen molar-refractivity contribution in [2.24, 2.45) is 5.92 Å². The Balaban J connectivity index is 2.24. The van der Waals surface area contributed by atoms with Crippen molar-refractivity contribution in [3.8, 4) is 5.75 Å². The zero-order chi connectivity index (χ0) is 14.0. The average Bonchev–Trinajstić information content (AvgIpc) is 2.27. The Kier molecular flexibility index (Phi) is 4.50. The Morgan fingerprint density at radius 1 is 1.53 bits per heavy atom. The van der Waals surface area contributed by atoms with Crippen LogP contribution in [0.1, 0.15) is 43.2 Å². The lowest BCUT2D eigenvalue weighted by atomic mass is 9.86. The molecule has 1 aliphatic rings. The first-order valence-electron chi connectivity index (χ1n) is 6.64. The molecule has 1 saturated carbocycles. The summed E-state index contributed by atoms with van der Waals surface area (Å²) in [5.41, 5.74) is 1.78. The van der Waals surface area contributed by atoms with Crippen LogP contribution in [-0.4, -0.2) is 17.7 Å². The molecule has 3 nitrogen and oxygen atoms in total. The third kappa shape index (κ3) is 3.30. The predicted octanol–water partition coefficient (Wildman–Crippen LogP) is 4.12. The minimum absolute atomic E-state index is 0.562. The maximum atomic E-state index is 11.2. The van der Waals surface area contributed by atoms with Crippen LogP contribution in [0.15, 0.2) is 16.6 Å². The monoisotopic (exact) mass is 326 g/mol. The van der Waals surface area contributed by atoms with Gasteiger partial charge < -0.3 is 9.84 Å². The predicted molar refractivity (Wildman–Crippen MR) is 77.8 cm³/mol. The molecule has 1 atom stereocenters. The zero-order valence-corrected chi connectivity index (χ0v) is 12.9. The topological polar surface area (TPSA) is 46.5 Å². The minimum Gasteiger partial charge on any atom is -0.492 e. The Morgan fingerprint density at radius 3 is 2.74 bits per heavy atom. The Bertz CT molecular complexity index is 481. The third-order valence-electron chi connectivity index (χ3n) is 3.74. The van der Waals surface area contributed by atoms with Crippen LogP contribution in [0.2, 0.25) is 0 Å². The number of halogens is 1. The highest BCUT2D eigenvalue weighted by molar-refractivity contribution is 9.10. The molecule has 1 N–H and O–H groups in total. The molecule has 104 valence electrons. The smallest absolute Gasteiger partial charge is 0.310 e. The number of carboxylic acids is 1. The van der Waals surface area contributed by atoms with Gasteiger partial charge in [0.25, 0.3) is 0 Å². The van der Waals surface area contributed by atoms with E-state index in [4.69, 9.17) is 4.74 Å². The van der Waals surface area contributed by atoms with Crippen LogP contribution in [-0.2, 0) is 4.79 Å². The van der Waals surface area contributed by atoms with E-state index in [1.54, 1.807) is 6.92 Å². The fraction of sp³-hybridized carbons (Fsp3) is 0.533. The number of hydrogen-bond donors (Lipinski definition) is 1. The first-order chi connectivity index (χ1) is 8.99. The number of carbonyl (C=O) groups is 1. The van der Waals surface area contributed by atoms with Crippen LogP contribution in [0, 0.1) is 12.8 Å². The van der Waals surface area contributed by atoms with E-state index in [1.165, 1.54) is 19.3 Å². The van der Waals surface area contributed by atoms with E-state index in [2.05, 4.69) is 15.9 Å². The number of carboxylic acid groups (broad SMARTS) is 1. The van der Waals surface area contributed by atoms with Crippen LogP contribution in [0.5, 0.6) is 5.75 Å². The number of aliphatic carboxylic acids is 1. The summed E-state index contributed by atoms with van der Waals surface area (Å²) in [7, 11) is 0. The molecule has 0 spiro atoms. The molecule has 0 saturated heterocycles. The highest BCUT2D eigenvalue weighted by atomic mass is 79.9. The van der Waals surface area contributed by atoms with Crippen LogP contribution < -0.4 is 4.74 Å². The lowest BCUT2D eigenvalue weighted by Gasteiger charge is -2.26. The van der Waals surface area contributed by atoms with Crippen LogP contribution in [0.3, 0.4) is 0 Å². The second-order valence-electron chi connectivity index (χ2n) is 5.33. The first-order valence-corrected chi connectivity index (χ1v) is 7.44. The van der Waals surface area contributed by atoms with Gasteiger partial charge in [-0.1, -0.05) is 12.5 Å². The van der Waals surface area contributed by atoms with Crippen molar-refractivity contribution >= 4 is 21.9 Å². The normalized spacial score (nSPS) is 16.8. The summed E-state index contributed by atoms with van der Waals surface area (Å²) in [6.45, 7) is 4.33. The van der Waals surface area contributed by atoms with E-state index in [0.717, 1.165) is 15.6 Å². The molecular formula is C15H19BrO3. The molecule has 1 aromatic rings. The van der Waals surface area contributed by atoms with E-state index in [-0.39, 0.29) is 0 Å². The van der Waals surface area contributed by atoms with E-state index in [1.807, 2.05) is 19.1 Å². The molecule has 19 heavy (non-hydrogen) atoms. The Hall–Kier alpha value is -1.03. The van der Waals surface area contributed by atoms with Crippen molar-refractivity contribution in [3.63, 3.8) is 0 Å². The van der Waals surface area contributed by atoms with Crippen molar-refractivity contribution in [1.82, 2.24) is 0 Å². The lowest BCUT2D eigenvalue weighted by Crippen LogP contribution is -2.20. The standard InChI is InChI=1S/C15H19BrO3/c1-9-6-12(10(2)15(17)18)14(13(16)7-9)19-8-11-4-3-5-11/h6-7,10-11H,3-5,8H2,1-2H3,(H,17,18). The van der Waals surface area contributed by atoms with Crippen LogP contribution in [0.25, 0.3) is 0 Å². The summed E-state index contributed by atoms with van der Waals surface area (Å²) in [6.07, 6.45) is 3.71. The van der Waals surface area contributed by atoms with E-state index in [9.17, 15) is 9.90 Å². The van der Waals surface area contributed by atoms with Gasteiger partial charge in [-0.05, 0) is 60.2 Å². The first kappa shape index (κ1) is 14.4. The van der Waals surface area contributed by atoms with Gasteiger partial charge in [-0.3, -0.25) is 4.79 Å². The third-order valence-corrected chi connectivity index (χ3v) is 4.33. The van der Waals surface area contributed by atoms with Gasteiger partial charge in [-0.15, -0.1) is 0 Å². The fourth-order valence-corrected chi connectivity index (χ4v) is 2.93. The molecule has 0 heterocycles. The van der Waals surface area contributed by atoms with Crippen molar-refractivity contribution in [2.75, 3.05) is 6.61 Å². The summed E-state index contributed by atoms with van der Waals surface area (Å²) in [4.78, 5) is 11.2. The van der Waals surface area contributed by atoms with Gasteiger partial charge >= 0.3 is 5.97 Å². The molecule has 1 aliphatic carbocycles. The molecule has 0 radical (unpaired) electrons. The molecule has 0 amide bonds. The zero-order valence-electron chi connectivity index (χ0n) is 11.3. The van der Waals surface area contributed by atoms with Crippen molar-refractivity contribution < 1.29 is 14.6 Å². The molecule has 0 aliphatic heterocycles. The van der Waals surface area contributed by atoms with Gasteiger partial charge in [0.1, 0.15) is 5.75 Å². The molecule has 0 aromatic heterocycles. The van der Waals surface area contributed by atoms with Crippen LogP contribution in [0.4, 0.5) is 0 Å². The highest BCUT2D eigenvalue weighted by Gasteiger charge is 2.23. The number of hydrogen-bond acceptors (Lipinski definition) is 2. The molecule has 2 rings (SSSR count). The molecule has 4 heteroatoms. The minimum atomic E-state index is -0.828. The molecule has 1 unspecified atom stereocenters. The quantitative estimate of drug-likeness (QED) is 0.885. The van der Waals surface area contributed by atoms with Crippen molar-refractivity contribution in [1.29, 1.82) is 0 Å². The van der Waals surface area contributed by atoms with E-state index in [0.29, 0.717) is 18.3 Å². The molecule has 0 bridgehead atoms. The number of rotatable bonds is 5. The van der Waals surface area contributed by atoms with Gasteiger partial charge in [-0.25, -0.2) is 0 Å². The molecule has 1 aromatic carbocycles. The average molecular weight is 327 g/mol.